The number of amidine groups is 1. The standard InChI is InChI=1S/C14H12N2S2/c1-9-13(16-6-5-15-14(16)18-9)11-3-2-10-4-7-17-12(10)8-11/h2-4,7-8H,5-6H2,1H3. The van der Waals surface area contributed by atoms with Crippen molar-refractivity contribution in [3.05, 3.63) is 40.1 Å². The van der Waals surface area contributed by atoms with Crippen LogP contribution in [-0.2, 0) is 0 Å². The topological polar surface area (TPSA) is 15.6 Å². The second kappa shape index (κ2) is 3.87. The van der Waals surface area contributed by atoms with Gasteiger partial charge in [-0.2, -0.15) is 0 Å². The molecule has 0 atom stereocenters. The average molecular weight is 272 g/mol. The molecule has 0 spiro atoms. The van der Waals surface area contributed by atoms with Gasteiger partial charge in [0.05, 0.1) is 12.2 Å². The summed E-state index contributed by atoms with van der Waals surface area (Å²) in [6.45, 7) is 4.15. The molecule has 0 saturated heterocycles. The quantitative estimate of drug-likeness (QED) is 0.779. The summed E-state index contributed by atoms with van der Waals surface area (Å²) in [5.41, 5.74) is 2.67. The molecule has 3 heterocycles. The summed E-state index contributed by atoms with van der Waals surface area (Å²) in [6.07, 6.45) is 0. The van der Waals surface area contributed by atoms with E-state index in [1.54, 1.807) is 11.8 Å². The maximum absolute atomic E-state index is 4.54. The molecule has 2 nitrogen and oxygen atoms in total. The van der Waals surface area contributed by atoms with E-state index in [-0.39, 0.29) is 0 Å². The van der Waals surface area contributed by atoms with Gasteiger partial charge in [-0.1, -0.05) is 23.9 Å². The van der Waals surface area contributed by atoms with Crippen LogP contribution in [0.3, 0.4) is 0 Å². The molecule has 0 N–H and O–H groups in total. The van der Waals surface area contributed by atoms with Crippen molar-refractivity contribution >= 4 is 44.0 Å². The monoisotopic (exact) mass is 272 g/mol. The molecule has 1 aromatic carbocycles. The second-order valence-corrected chi connectivity index (χ2v) is 6.63. The summed E-state index contributed by atoms with van der Waals surface area (Å²) in [5, 5.41) is 4.67. The van der Waals surface area contributed by atoms with Crippen molar-refractivity contribution < 1.29 is 0 Å². The molecule has 4 heteroatoms. The maximum atomic E-state index is 4.54. The average Bonchev–Trinajstić information content (AvgIpc) is 3.02. The van der Waals surface area contributed by atoms with Crippen LogP contribution in [0.4, 0.5) is 0 Å². The molecule has 90 valence electrons. The Bertz CT molecular complexity index is 697. The molecule has 4 rings (SSSR count). The van der Waals surface area contributed by atoms with Crippen molar-refractivity contribution in [3.8, 4) is 0 Å². The Morgan fingerprint density at radius 1 is 1.28 bits per heavy atom. The molecule has 0 fully saturated rings. The van der Waals surface area contributed by atoms with Crippen LogP contribution in [-0.4, -0.2) is 23.2 Å². The Labute approximate surface area is 114 Å². The van der Waals surface area contributed by atoms with Gasteiger partial charge >= 0.3 is 0 Å². The number of allylic oxidation sites excluding steroid dienone is 1. The van der Waals surface area contributed by atoms with Crippen LogP contribution in [0.15, 0.2) is 39.5 Å². The highest BCUT2D eigenvalue weighted by atomic mass is 32.2. The number of nitrogens with zero attached hydrogens (tertiary/aromatic N) is 2. The largest absolute Gasteiger partial charge is 0.318 e. The third-order valence-corrected chi connectivity index (χ3v) is 5.29. The van der Waals surface area contributed by atoms with Crippen LogP contribution in [0.25, 0.3) is 15.8 Å². The van der Waals surface area contributed by atoms with Crippen LogP contribution in [0.1, 0.15) is 12.5 Å². The molecule has 2 aliphatic rings. The van der Waals surface area contributed by atoms with Gasteiger partial charge in [0.2, 0.25) is 0 Å². The minimum absolute atomic E-state index is 0.931. The first-order chi connectivity index (χ1) is 8.83. The smallest absolute Gasteiger partial charge is 0.168 e. The number of thioether (sulfide) groups is 1. The lowest BCUT2D eigenvalue weighted by atomic mass is 10.1. The van der Waals surface area contributed by atoms with E-state index in [1.165, 1.54) is 31.4 Å². The highest BCUT2D eigenvalue weighted by Gasteiger charge is 2.30. The van der Waals surface area contributed by atoms with Crippen molar-refractivity contribution in [1.29, 1.82) is 0 Å². The fourth-order valence-electron chi connectivity index (χ4n) is 2.56. The van der Waals surface area contributed by atoms with E-state index in [1.807, 2.05) is 11.3 Å². The van der Waals surface area contributed by atoms with Crippen LogP contribution >= 0.6 is 23.1 Å². The Balaban J connectivity index is 1.86. The minimum atomic E-state index is 0.931. The van der Waals surface area contributed by atoms with Gasteiger partial charge in [0.1, 0.15) is 0 Å². The molecule has 0 saturated carbocycles. The van der Waals surface area contributed by atoms with Crippen molar-refractivity contribution in [2.24, 2.45) is 4.99 Å². The predicted octanol–water partition coefficient (Wildman–Crippen LogP) is 4.01. The van der Waals surface area contributed by atoms with E-state index in [0.717, 1.165) is 13.1 Å². The van der Waals surface area contributed by atoms with Gasteiger partial charge in [0, 0.05) is 21.7 Å². The zero-order valence-electron chi connectivity index (χ0n) is 10.0. The normalized spacial score (nSPS) is 18.7. The number of aliphatic imine (C=N–C) groups is 1. The van der Waals surface area contributed by atoms with Gasteiger partial charge in [-0.25, -0.2) is 0 Å². The van der Waals surface area contributed by atoms with Crippen LogP contribution < -0.4 is 0 Å². The van der Waals surface area contributed by atoms with Crippen molar-refractivity contribution in [1.82, 2.24) is 4.90 Å². The fourth-order valence-corrected chi connectivity index (χ4v) is 4.43. The van der Waals surface area contributed by atoms with Gasteiger partial charge in [0.15, 0.2) is 5.17 Å². The number of benzene rings is 1. The maximum Gasteiger partial charge on any atom is 0.168 e. The summed E-state index contributed by atoms with van der Waals surface area (Å²) < 4.78 is 1.36. The molecular formula is C14H12N2S2. The first kappa shape index (κ1) is 10.6. The molecule has 0 bridgehead atoms. The van der Waals surface area contributed by atoms with Gasteiger partial charge in [0.25, 0.3) is 0 Å². The van der Waals surface area contributed by atoms with E-state index in [2.05, 4.69) is 46.5 Å². The SMILES string of the molecule is CC1=C(c2ccc3ccsc3c2)N2CCN=C2S1. The Kier molecular flexibility index (Phi) is 2.29. The fraction of sp³-hybridized carbons (Fsp3) is 0.214. The van der Waals surface area contributed by atoms with Crippen LogP contribution in [0.2, 0.25) is 0 Å². The van der Waals surface area contributed by atoms with Crippen LogP contribution in [0, 0.1) is 0 Å². The second-order valence-electron chi connectivity index (χ2n) is 4.50. The van der Waals surface area contributed by atoms with Crippen molar-refractivity contribution in [3.63, 3.8) is 0 Å². The molecule has 2 aliphatic heterocycles. The number of fused-ring (bicyclic) bond motifs is 2. The number of hydrogen-bond donors (Lipinski definition) is 0. The lowest BCUT2D eigenvalue weighted by molar-refractivity contribution is 0.648. The zero-order valence-corrected chi connectivity index (χ0v) is 11.6. The highest BCUT2D eigenvalue weighted by Crippen LogP contribution is 2.41. The molecule has 0 aliphatic carbocycles. The van der Waals surface area contributed by atoms with Gasteiger partial charge < -0.3 is 4.90 Å². The molecule has 0 amide bonds. The van der Waals surface area contributed by atoms with E-state index in [0.29, 0.717) is 0 Å². The highest BCUT2D eigenvalue weighted by molar-refractivity contribution is 8.17. The lowest BCUT2D eigenvalue weighted by Crippen LogP contribution is -2.19. The molecule has 0 unspecified atom stereocenters. The first-order valence-corrected chi connectivity index (χ1v) is 7.71. The summed E-state index contributed by atoms with van der Waals surface area (Å²) in [7, 11) is 0. The van der Waals surface area contributed by atoms with Crippen LogP contribution in [0.5, 0.6) is 0 Å². The number of rotatable bonds is 1. The number of hydrogen-bond acceptors (Lipinski definition) is 4. The van der Waals surface area contributed by atoms with Gasteiger partial charge in [-0.05, 0) is 29.8 Å². The molecule has 1 aromatic heterocycles. The zero-order chi connectivity index (χ0) is 12.1. The summed E-state index contributed by atoms with van der Waals surface area (Å²) in [4.78, 5) is 8.26. The van der Waals surface area contributed by atoms with E-state index < -0.39 is 0 Å². The summed E-state index contributed by atoms with van der Waals surface area (Å²) in [5.74, 6) is 0. The van der Waals surface area contributed by atoms with E-state index in [9.17, 15) is 0 Å². The van der Waals surface area contributed by atoms with Crippen molar-refractivity contribution in [2.45, 2.75) is 6.92 Å². The predicted molar refractivity (Wildman–Crippen MR) is 81.0 cm³/mol. The van der Waals surface area contributed by atoms with E-state index >= 15 is 0 Å². The molecule has 18 heavy (non-hydrogen) atoms. The third-order valence-electron chi connectivity index (χ3n) is 3.38. The van der Waals surface area contributed by atoms with E-state index in [4.69, 9.17) is 0 Å². The first-order valence-electron chi connectivity index (χ1n) is 6.01. The van der Waals surface area contributed by atoms with Gasteiger partial charge in [-0.3, -0.25) is 4.99 Å². The molecular weight excluding hydrogens is 260 g/mol. The summed E-state index contributed by atoms with van der Waals surface area (Å²) in [6, 6.07) is 8.94. The third kappa shape index (κ3) is 1.45. The Morgan fingerprint density at radius 3 is 3.17 bits per heavy atom. The Hall–Kier alpha value is -1.26. The van der Waals surface area contributed by atoms with Crippen molar-refractivity contribution in [2.75, 3.05) is 13.1 Å². The summed E-state index contributed by atoms with van der Waals surface area (Å²) >= 11 is 3.61. The Morgan fingerprint density at radius 2 is 2.22 bits per heavy atom. The van der Waals surface area contributed by atoms with Gasteiger partial charge in [-0.15, -0.1) is 11.3 Å². The number of thiophene rings is 1. The minimum Gasteiger partial charge on any atom is -0.318 e. The molecule has 2 aromatic rings. The molecule has 0 radical (unpaired) electrons. The lowest BCUT2D eigenvalue weighted by Gasteiger charge is -2.17.